The molecule has 1 N–H and O–H groups in total. The molecule has 1 fully saturated rings. The normalized spacial score (nSPS) is 17.6. The van der Waals surface area contributed by atoms with Crippen molar-refractivity contribution in [2.75, 3.05) is 32.7 Å². The van der Waals surface area contributed by atoms with E-state index in [4.69, 9.17) is 10.2 Å². The Kier molecular flexibility index (Phi) is 5.67. The molecule has 2 aliphatic rings. The molecule has 0 radical (unpaired) electrons. The smallest absolute Gasteiger partial charge is 0.317 e. The number of hydrogen-bond acceptors (Lipinski definition) is 4. The van der Waals surface area contributed by atoms with Crippen molar-refractivity contribution in [3.05, 3.63) is 46.8 Å². The van der Waals surface area contributed by atoms with Crippen molar-refractivity contribution in [3.8, 4) is 5.69 Å². The molecule has 1 aromatic heterocycles. The Morgan fingerprint density at radius 1 is 1.00 bits per heavy atom. The summed E-state index contributed by atoms with van der Waals surface area (Å²) in [5.74, 6) is -0.845. The minimum absolute atomic E-state index is 0.0220. The Hall–Kier alpha value is -2.67. The Morgan fingerprint density at radius 2 is 1.76 bits per heavy atom. The first-order chi connectivity index (χ1) is 14.0. The molecule has 1 aliphatic carbocycles. The van der Waals surface area contributed by atoms with Gasteiger partial charge in [-0.05, 0) is 51.2 Å². The van der Waals surface area contributed by atoms with E-state index in [-0.39, 0.29) is 12.5 Å². The van der Waals surface area contributed by atoms with E-state index in [0.717, 1.165) is 49.0 Å². The number of carbonyl (C=O) groups excluding carboxylic acids is 1. The molecular weight excluding hydrogens is 368 g/mol. The first kappa shape index (κ1) is 19.6. The van der Waals surface area contributed by atoms with Crippen LogP contribution < -0.4 is 0 Å². The van der Waals surface area contributed by atoms with Gasteiger partial charge in [0.25, 0.3) is 5.91 Å². The molecule has 0 bridgehead atoms. The van der Waals surface area contributed by atoms with Crippen LogP contribution in [0.5, 0.6) is 0 Å². The van der Waals surface area contributed by atoms with Crippen LogP contribution in [0.2, 0.25) is 0 Å². The zero-order valence-electron chi connectivity index (χ0n) is 16.9. The van der Waals surface area contributed by atoms with Crippen LogP contribution in [0.3, 0.4) is 0 Å². The first-order valence-electron chi connectivity index (χ1n) is 10.4. The molecule has 0 atom stereocenters. The lowest BCUT2D eigenvalue weighted by atomic mass is 9.95. The molecule has 7 heteroatoms. The average Bonchev–Trinajstić information content (AvgIpc) is 2.94. The molecule has 0 spiro atoms. The van der Waals surface area contributed by atoms with Crippen LogP contribution in [0.4, 0.5) is 0 Å². The van der Waals surface area contributed by atoms with Gasteiger partial charge in [0.1, 0.15) is 0 Å². The molecule has 0 saturated carbocycles. The summed E-state index contributed by atoms with van der Waals surface area (Å²) in [6.45, 7) is 4.55. The van der Waals surface area contributed by atoms with Crippen LogP contribution >= 0.6 is 0 Å². The summed E-state index contributed by atoms with van der Waals surface area (Å²) in [5.41, 5.74) is 5.02. The van der Waals surface area contributed by atoms with Crippen LogP contribution in [0.25, 0.3) is 5.69 Å². The molecular formula is C22H28N4O3. The summed E-state index contributed by atoms with van der Waals surface area (Å²) in [7, 11) is 0. The molecule has 7 nitrogen and oxygen atoms in total. The zero-order valence-corrected chi connectivity index (χ0v) is 16.9. The quantitative estimate of drug-likeness (QED) is 0.858. The van der Waals surface area contributed by atoms with Crippen molar-refractivity contribution in [1.29, 1.82) is 0 Å². The van der Waals surface area contributed by atoms with E-state index in [1.807, 2.05) is 14.5 Å². The lowest BCUT2D eigenvalue weighted by Gasteiger charge is -2.21. The summed E-state index contributed by atoms with van der Waals surface area (Å²) in [6, 6.07) is 8.25. The van der Waals surface area contributed by atoms with Gasteiger partial charge < -0.3 is 10.0 Å². The molecule has 154 valence electrons. The van der Waals surface area contributed by atoms with Crippen LogP contribution in [0, 0.1) is 6.92 Å². The zero-order chi connectivity index (χ0) is 20.4. The molecule has 1 aliphatic heterocycles. The lowest BCUT2D eigenvalue weighted by molar-refractivity contribution is -0.138. The van der Waals surface area contributed by atoms with Gasteiger partial charge in [-0.15, -0.1) is 0 Å². The van der Waals surface area contributed by atoms with Crippen LogP contribution in [0.1, 0.15) is 46.6 Å². The number of aromatic nitrogens is 2. The molecule has 0 unspecified atom stereocenters. The largest absolute Gasteiger partial charge is 0.480 e. The lowest BCUT2D eigenvalue weighted by Crippen LogP contribution is -2.37. The third-order valence-electron chi connectivity index (χ3n) is 5.90. The topological polar surface area (TPSA) is 78.7 Å². The molecule has 1 saturated heterocycles. The molecule has 2 aromatic rings. The SMILES string of the molecule is Cc1ccc(-n2nc(C(=O)N3CCCN(CC(=O)O)CC3)c3c2CCCC3)cc1. The Labute approximate surface area is 170 Å². The van der Waals surface area contributed by atoms with Gasteiger partial charge in [-0.2, -0.15) is 5.10 Å². The number of amides is 1. The number of rotatable bonds is 4. The fourth-order valence-corrected chi connectivity index (χ4v) is 4.34. The van der Waals surface area contributed by atoms with E-state index < -0.39 is 5.97 Å². The van der Waals surface area contributed by atoms with Crippen LogP contribution in [-0.4, -0.2) is 69.3 Å². The van der Waals surface area contributed by atoms with Gasteiger partial charge in [0.15, 0.2) is 5.69 Å². The average molecular weight is 396 g/mol. The van der Waals surface area contributed by atoms with Gasteiger partial charge in [-0.3, -0.25) is 14.5 Å². The van der Waals surface area contributed by atoms with Gasteiger partial charge in [0, 0.05) is 37.4 Å². The maximum Gasteiger partial charge on any atom is 0.317 e. The summed E-state index contributed by atoms with van der Waals surface area (Å²) in [6.07, 6.45) is 4.81. The Bertz CT molecular complexity index is 904. The van der Waals surface area contributed by atoms with E-state index in [0.29, 0.717) is 31.9 Å². The molecule has 1 aromatic carbocycles. The van der Waals surface area contributed by atoms with Crippen molar-refractivity contribution >= 4 is 11.9 Å². The summed E-state index contributed by atoms with van der Waals surface area (Å²) < 4.78 is 1.95. The van der Waals surface area contributed by atoms with Gasteiger partial charge in [0.05, 0.1) is 12.2 Å². The number of aliphatic carboxylic acids is 1. The second-order valence-corrected chi connectivity index (χ2v) is 8.04. The number of carboxylic acids is 1. The van der Waals surface area contributed by atoms with Gasteiger partial charge in [0.2, 0.25) is 0 Å². The maximum absolute atomic E-state index is 13.4. The molecule has 4 rings (SSSR count). The van der Waals surface area contributed by atoms with E-state index in [1.54, 1.807) is 0 Å². The van der Waals surface area contributed by atoms with Crippen molar-refractivity contribution in [3.63, 3.8) is 0 Å². The molecule has 2 heterocycles. The van der Waals surface area contributed by atoms with Crippen LogP contribution in [0.15, 0.2) is 24.3 Å². The first-order valence-corrected chi connectivity index (χ1v) is 10.4. The van der Waals surface area contributed by atoms with Crippen LogP contribution in [-0.2, 0) is 17.6 Å². The van der Waals surface area contributed by atoms with Crippen molar-refractivity contribution in [2.24, 2.45) is 0 Å². The third-order valence-corrected chi connectivity index (χ3v) is 5.90. The third kappa shape index (κ3) is 4.19. The predicted molar refractivity (Wildman–Crippen MR) is 110 cm³/mol. The Morgan fingerprint density at radius 3 is 2.52 bits per heavy atom. The van der Waals surface area contributed by atoms with Crippen molar-refractivity contribution < 1.29 is 14.7 Å². The summed E-state index contributed by atoms with van der Waals surface area (Å²) in [5, 5.41) is 13.8. The highest BCUT2D eigenvalue weighted by molar-refractivity contribution is 5.94. The molecule has 1 amide bonds. The van der Waals surface area contributed by atoms with E-state index >= 15 is 0 Å². The van der Waals surface area contributed by atoms with E-state index in [9.17, 15) is 9.59 Å². The summed E-state index contributed by atoms with van der Waals surface area (Å²) >= 11 is 0. The standard InChI is InChI=1S/C22H28N4O3/c1-16-7-9-17(10-8-16)26-19-6-3-2-5-18(19)21(23-26)22(29)25-12-4-11-24(13-14-25)15-20(27)28/h7-10H,2-6,11-15H2,1H3,(H,27,28). The fourth-order valence-electron chi connectivity index (χ4n) is 4.34. The maximum atomic E-state index is 13.4. The highest BCUT2D eigenvalue weighted by Gasteiger charge is 2.29. The minimum atomic E-state index is -0.823. The second-order valence-electron chi connectivity index (χ2n) is 8.04. The van der Waals surface area contributed by atoms with Gasteiger partial charge in [-0.25, -0.2) is 4.68 Å². The fraction of sp³-hybridized carbons (Fsp3) is 0.500. The number of nitrogens with zero attached hydrogens (tertiary/aromatic N) is 4. The molecule has 29 heavy (non-hydrogen) atoms. The summed E-state index contributed by atoms with van der Waals surface area (Å²) in [4.78, 5) is 28.1. The number of benzene rings is 1. The number of aryl methyl sites for hydroxylation is 1. The van der Waals surface area contributed by atoms with Crippen molar-refractivity contribution in [1.82, 2.24) is 19.6 Å². The number of carbonyl (C=O) groups is 2. The van der Waals surface area contributed by atoms with Gasteiger partial charge in [-0.1, -0.05) is 17.7 Å². The minimum Gasteiger partial charge on any atom is -0.480 e. The second kappa shape index (κ2) is 8.37. The van der Waals surface area contributed by atoms with E-state index in [2.05, 4.69) is 31.2 Å². The predicted octanol–water partition coefficient (Wildman–Crippen LogP) is 2.29. The highest BCUT2D eigenvalue weighted by atomic mass is 16.4. The Balaban J connectivity index is 1.60. The number of carboxylic acid groups (broad SMARTS) is 1. The van der Waals surface area contributed by atoms with E-state index in [1.165, 1.54) is 5.56 Å². The van der Waals surface area contributed by atoms with Gasteiger partial charge >= 0.3 is 5.97 Å². The highest BCUT2D eigenvalue weighted by Crippen LogP contribution is 2.28. The monoisotopic (exact) mass is 396 g/mol. The number of fused-ring (bicyclic) bond motifs is 1. The van der Waals surface area contributed by atoms with Crippen molar-refractivity contribution in [2.45, 2.75) is 39.0 Å². The number of hydrogen-bond donors (Lipinski definition) is 1.